The molecular formula is C13H7BrF4O. The zero-order chi connectivity index (χ0) is 14.0. The summed E-state index contributed by atoms with van der Waals surface area (Å²) < 4.78 is 53.6. The van der Waals surface area contributed by atoms with Crippen molar-refractivity contribution >= 4 is 15.9 Å². The summed E-state index contributed by atoms with van der Waals surface area (Å²) in [5, 5.41) is 0. The van der Waals surface area contributed by atoms with E-state index in [9.17, 15) is 17.6 Å². The van der Waals surface area contributed by atoms with E-state index in [2.05, 4.69) is 20.7 Å². The summed E-state index contributed by atoms with van der Waals surface area (Å²) in [7, 11) is 0. The molecule has 0 radical (unpaired) electrons. The van der Waals surface area contributed by atoms with E-state index in [1.165, 1.54) is 36.4 Å². The second kappa shape index (κ2) is 5.21. The summed E-state index contributed by atoms with van der Waals surface area (Å²) in [6, 6.07) is 9.51. The summed E-state index contributed by atoms with van der Waals surface area (Å²) in [5.41, 5.74) is 1.09. The van der Waals surface area contributed by atoms with Crippen molar-refractivity contribution in [2.24, 2.45) is 0 Å². The highest BCUT2D eigenvalue weighted by molar-refractivity contribution is 9.10. The first kappa shape index (κ1) is 13.9. The second-order valence-electron chi connectivity index (χ2n) is 3.73. The summed E-state index contributed by atoms with van der Waals surface area (Å²) >= 11 is 3.11. The molecule has 2 rings (SSSR count). The Bertz CT molecular complexity index is 578. The van der Waals surface area contributed by atoms with Crippen molar-refractivity contribution in [3.8, 4) is 16.9 Å². The highest BCUT2D eigenvalue weighted by atomic mass is 79.9. The zero-order valence-corrected chi connectivity index (χ0v) is 10.9. The van der Waals surface area contributed by atoms with E-state index in [1.807, 2.05) is 0 Å². The Morgan fingerprint density at radius 3 is 2.11 bits per heavy atom. The van der Waals surface area contributed by atoms with Gasteiger partial charge in [-0.1, -0.05) is 28.1 Å². The molecule has 0 aromatic heterocycles. The average Bonchev–Trinajstić information content (AvgIpc) is 2.26. The number of ether oxygens (including phenoxy) is 1. The van der Waals surface area contributed by atoms with Gasteiger partial charge in [0.25, 0.3) is 0 Å². The molecule has 0 spiro atoms. The lowest BCUT2D eigenvalue weighted by Crippen LogP contribution is -2.17. The van der Waals surface area contributed by atoms with E-state index in [4.69, 9.17) is 0 Å². The first-order valence-electron chi connectivity index (χ1n) is 5.16. The Morgan fingerprint density at radius 2 is 1.53 bits per heavy atom. The van der Waals surface area contributed by atoms with Gasteiger partial charge in [-0.2, -0.15) is 0 Å². The van der Waals surface area contributed by atoms with Crippen LogP contribution in [-0.2, 0) is 0 Å². The fourth-order valence-electron chi connectivity index (χ4n) is 1.56. The van der Waals surface area contributed by atoms with Crippen LogP contribution in [-0.4, -0.2) is 6.36 Å². The van der Waals surface area contributed by atoms with E-state index >= 15 is 0 Å². The molecule has 0 atom stereocenters. The van der Waals surface area contributed by atoms with Gasteiger partial charge in [-0.05, 0) is 41.5 Å². The second-order valence-corrected chi connectivity index (χ2v) is 4.65. The molecule has 0 saturated carbocycles. The van der Waals surface area contributed by atoms with Crippen molar-refractivity contribution in [3.63, 3.8) is 0 Å². The fraction of sp³-hybridized carbons (Fsp3) is 0.0769. The zero-order valence-electron chi connectivity index (χ0n) is 9.34. The smallest absolute Gasteiger partial charge is 0.406 e. The molecule has 0 aliphatic carbocycles. The number of halogens is 5. The summed E-state index contributed by atoms with van der Waals surface area (Å²) in [6.45, 7) is 0. The van der Waals surface area contributed by atoms with Gasteiger partial charge in [-0.15, -0.1) is 13.2 Å². The highest BCUT2D eigenvalue weighted by Gasteiger charge is 2.31. The first-order chi connectivity index (χ1) is 8.83. The van der Waals surface area contributed by atoms with Gasteiger partial charge in [0, 0.05) is 4.47 Å². The van der Waals surface area contributed by atoms with Crippen LogP contribution in [0.3, 0.4) is 0 Å². The van der Waals surface area contributed by atoms with Crippen LogP contribution in [0.2, 0.25) is 0 Å². The van der Waals surface area contributed by atoms with E-state index in [-0.39, 0.29) is 5.75 Å². The van der Waals surface area contributed by atoms with Crippen LogP contribution in [0.15, 0.2) is 46.9 Å². The van der Waals surface area contributed by atoms with E-state index in [0.717, 1.165) is 0 Å². The standard InChI is InChI=1S/C13H7BrF4O/c14-10-5-9(8-1-3-11(15)4-2-8)6-12(7-10)19-13(16,17)18/h1-7H. The molecule has 0 fully saturated rings. The Labute approximate surface area is 114 Å². The number of alkyl halides is 3. The minimum Gasteiger partial charge on any atom is -0.406 e. The van der Waals surface area contributed by atoms with E-state index < -0.39 is 12.2 Å². The molecule has 2 aromatic rings. The lowest BCUT2D eigenvalue weighted by molar-refractivity contribution is -0.274. The number of hydrogen-bond donors (Lipinski definition) is 0. The molecule has 0 amide bonds. The third kappa shape index (κ3) is 3.96. The van der Waals surface area contributed by atoms with E-state index in [0.29, 0.717) is 15.6 Å². The molecule has 6 heteroatoms. The summed E-state index contributed by atoms with van der Waals surface area (Å²) in [4.78, 5) is 0. The minimum absolute atomic E-state index is 0.332. The monoisotopic (exact) mass is 334 g/mol. The fourth-order valence-corrected chi connectivity index (χ4v) is 2.04. The van der Waals surface area contributed by atoms with Crippen molar-refractivity contribution in [2.45, 2.75) is 6.36 Å². The maximum absolute atomic E-state index is 12.8. The van der Waals surface area contributed by atoms with Gasteiger partial charge in [-0.25, -0.2) is 4.39 Å². The minimum atomic E-state index is -4.75. The van der Waals surface area contributed by atoms with Crippen molar-refractivity contribution in [1.29, 1.82) is 0 Å². The first-order valence-corrected chi connectivity index (χ1v) is 5.95. The maximum atomic E-state index is 12.8. The molecule has 1 nitrogen and oxygen atoms in total. The van der Waals surface area contributed by atoms with Gasteiger partial charge >= 0.3 is 6.36 Å². The maximum Gasteiger partial charge on any atom is 0.573 e. The number of hydrogen-bond acceptors (Lipinski definition) is 1. The SMILES string of the molecule is Fc1ccc(-c2cc(Br)cc(OC(F)(F)F)c2)cc1. The lowest BCUT2D eigenvalue weighted by Gasteiger charge is -2.11. The van der Waals surface area contributed by atoms with Crippen LogP contribution in [0, 0.1) is 5.82 Å². The average molecular weight is 335 g/mol. The molecule has 2 aromatic carbocycles. The Balaban J connectivity index is 2.39. The number of benzene rings is 2. The third-order valence-corrected chi connectivity index (χ3v) is 2.74. The molecule has 0 unspecified atom stereocenters. The quantitative estimate of drug-likeness (QED) is 0.690. The Morgan fingerprint density at radius 1 is 0.895 bits per heavy atom. The lowest BCUT2D eigenvalue weighted by atomic mass is 10.1. The topological polar surface area (TPSA) is 9.23 Å². The molecule has 0 bridgehead atoms. The van der Waals surface area contributed by atoms with Crippen LogP contribution in [0.5, 0.6) is 5.75 Å². The predicted molar refractivity (Wildman–Crippen MR) is 66.2 cm³/mol. The Kier molecular flexibility index (Phi) is 3.80. The predicted octanol–water partition coefficient (Wildman–Crippen LogP) is 5.15. The third-order valence-electron chi connectivity index (χ3n) is 2.28. The Hall–Kier alpha value is -1.56. The van der Waals surface area contributed by atoms with Crippen LogP contribution in [0.1, 0.15) is 0 Å². The van der Waals surface area contributed by atoms with E-state index in [1.54, 1.807) is 6.07 Å². The van der Waals surface area contributed by atoms with Crippen LogP contribution >= 0.6 is 15.9 Å². The van der Waals surface area contributed by atoms with Crippen molar-refractivity contribution < 1.29 is 22.3 Å². The molecule has 0 aliphatic heterocycles. The number of rotatable bonds is 2. The molecule has 0 N–H and O–H groups in total. The van der Waals surface area contributed by atoms with Crippen molar-refractivity contribution in [2.75, 3.05) is 0 Å². The van der Waals surface area contributed by atoms with Gasteiger partial charge in [0.1, 0.15) is 11.6 Å². The van der Waals surface area contributed by atoms with Crippen molar-refractivity contribution in [1.82, 2.24) is 0 Å². The van der Waals surface area contributed by atoms with Crippen LogP contribution < -0.4 is 4.74 Å². The normalized spacial score (nSPS) is 11.4. The van der Waals surface area contributed by atoms with Crippen LogP contribution in [0.25, 0.3) is 11.1 Å². The molecule has 19 heavy (non-hydrogen) atoms. The van der Waals surface area contributed by atoms with Crippen LogP contribution in [0.4, 0.5) is 17.6 Å². The van der Waals surface area contributed by atoms with Gasteiger partial charge in [-0.3, -0.25) is 0 Å². The van der Waals surface area contributed by atoms with Gasteiger partial charge in [0.15, 0.2) is 0 Å². The molecule has 0 saturated heterocycles. The summed E-state index contributed by atoms with van der Waals surface area (Å²) in [5.74, 6) is -0.744. The van der Waals surface area contributed by atoms with Gasteiger partial charge < -0.3 is 4.74 Å². The molecule has 0 heterocycles. The van der Waals surface area contributed by atoms with Gasteiger partial charge in [0.2, 0.25) is 0 Å². The summed E-state index contributed by atoms with van der Waals surface area (Å²) in [6.07, 6.45) is -4.75. The highest BCUT2D eigenvalue weighted by Crippen LogP contribution is 2.31. The molecular weight excluding hydrogens is 328 g/mol. The largest absolute Gasteiger partial charge is 0.573 e. The van der Waals surface area contributed by atoms with Crippen molar-refractivity contribution in [3.05, 3.63) is 52.8 Å². The molecule has 0 aliphatic rings. The molecule has 100 valence electrons. The van der Waals surface area contributed by atoms with Gasteiger partial charge in [0.05, 0.1) is 0 Å².